The molecule has 0 bridgehead atoms. The first-order chi connectivity index (χ1) is 14.4. The van der Waals surface area contributed by atoms with Crippen LogP contribution >= 0.6 is 11.8 Å². The Morgan fingerprint density at radius 3 is 2.30 bits per heavy atom. The Hall–Kier alpha value is -2.97. The minimum absolute atomic E-state index is 0.105. The van der Waals surface area contributed by atoms with Crippen LogP contribution in [-0.2, 0) is 14.8 Å². The molecule has 156 valence electrons. The Morgan fingerprint density at radius 2 is 1.63 bits per heavy atom. The number of rotatable bonds is 8. The van der Waals surface area contributed by atoms with Gasteiger partial charge in [0, 0.05) is 10.6 Å². The van der Waals surface area contributed by atoms with E-state index in [-0.39, 0.29) is 17.4 Å². The van der Waals surface area contributed by atoms with Crippen LogP contribution in [0, 0.1) is 6.92 Å². The van der Waals surface area contributed by atoms with E-state index in [0.717, 1.165) is 16.1 Å². The summed E-state index contributed by atoms with van der Waals surface area (Å²) in [6.45, 7) is 1.75. The predicted octanol–water partition coefficient (Wildman–Crippen LogP) is 4.54. The third-order valence-corrected chi connectivity index (χ3v) is 6.38. The van der Waals surface area contributed by atoms with Gasteiger partial charge in [0.15, 0.2) is 6.61 Å². The fourth-order valence-corrected chi connectivity index (χ4v) is 4.25. The van der Waals surface area contributed by atoms with Gasteiger partial charge in [0.05, 0.1) is 10.6 Å². The van der Waals surface area contributed by atoms with E-state index in [0.29, 0.717) is 11.4 Å². The molecule has 1 amide bonds. The summed E-state index contributed by atoms with van der Waals surface area (Å²) >= 11 is 1.54. The first-order valence-corrected chi connectivity index (χ1v) is 11.8. The van der Waals surface area contributed by atoms with Crippen LogP contribution in [0.15, 0.2) is 82.6 Å². The van der Waals surface area contributed by atoms with Crippen molar-refractivity contribution >= 4 is 39.1 Å². The summed E-state index contributed by atoms with van der Waals surface area (Å²) in [6, 6.07) is 20.5. The molecular weight excluding hydrogens is 420 g/mol. The molecule has 0 aromatic heterocycles. The van der Waals surface area contributed by atoms with Crippen molar-refractivity contribution in [2.45, 2.75) is 16.7 Å². The molecule has 0 radical (unpaired) electrons. The van der Waals surface area contributed by atoms with Gasteiger partial charge in [-0.25, -0.2) is 8.42 Å². The van der Waals surface area contributed by atoms with E-state index in [1.165, 1.54) is 36.0 Å². The smallest absolute Gasteiger partial charge is 0.262 e. The van der Waals surface area contributed by atoms with Crippen LogP contribution in [0.25, 0.3) is 0 Å². The average Bonchev–Trinajstić information content (AvgIpc) is 2.74. The van der Waals surface area contributed by atoms with Gasteiger partial charge in [-0.2, -0.15) is 0 Å². The van der Waals surface area contributed by atoms with Crippen LogP contribution in [0.5, 0.6) is 5.75 Å². The van der Waals surface area contributed by atoms with E-state index in [1.54, 1.807) is 12.1 Å². The highest BCUT2D eigenvalue weighted by atomic mass is 32.2. The molecule has 8 heteroatoms. The fourth-order valence-electron chi connectivity index (χ4n) is 2.63. The van der Waals surface area contributed by atoms with Crippen molar-refractivity contribution in [3.05, 3.63) is 78.4 Å². The number of para-hydroxylation sites is 1. The standard InChI is InChI=1S/C22H22N2O4S2/c1-16-7-9-17(10-8-16)24-30(26,27)19-13-11-18(12-14-19)28-15-22(25)23-20-5-3-4-6-21(20)29-2/h3-14,24H,15H2,1-2H3,(H,23,25). The molecule has 3 aromatic carbocycles. The molecule has 0 saturated carbocycles. The van der Waals surface area contributed by atoms with Crippen LogP contribution in [0.4, 0.5) is 11.4 Å². The lowest BCUT2D eigenvalue weighted by molar-refractivity contribution is -0.118. The molecule has 0 aliphatic heterocycles. The number of ether oxygens (including phenoxy) is 1. The normalized spacial score (nSPS) is 11.0. The SMILES string of the molecule is CSc1ccccc1NC(=O)COc1ccc(S(=O)(=O)Nc2ccc(C)cc2)cc1. The molecular formula is C22H22N2O4S2. The summed E-state index contributed by atoms with van der Waals surface area (Å²) in [7, 11) is -3.71. The second-order valence-electron chi connectivity index (χ2n) is 6.48. The second kappa shape index (κ2) is 9.69. The highest BCUT2D eigenvalue weighted by molar-refractivity contribution is 7.98. The Morgan fingerprint density at radius 1 is 0.967 bits per heavy atom. The molecule has 0 atom stereocenters. The van der Waals surface area contributed by atoms with Gasteiger partial charge in [-0.15, -0.1) is 11.8 Å². The van der Waals surface area contributed by atoms with Crippen molar-refractivity contribution in [1.82, 2.24) is 0 Å². The maximum atomic E-state index is 12.5. The van der Waals surface area contributed by atoms with E-state index < -0.39 is 10.0 Å². The van der Waals surface area contributed by atoms with Crippen molar-refractivity contribution in [2.24, 2.45) is 0 Å². The lowest BCUT2D eigenvalue weighted by Gasteiger charge is -2.11. The van der Waals surface area contributed by atoms with Crippen molar-refractivity contribution in [3.63, 3.8) is 0 Å². The molecule has 2 N–H and O–H groups in total. The van der Waals surface area contributed by atoms with Crippen LogP contribution in [0.3, 0.4) is 0 Å². The minimum Gasteiger partial charge on any atom is -0.484 e. The van der Waals surface area contributed by atoms with Gasteiger partial charge >= 0.3 is 0 Å². The first-order valence-electron chi connectivity index (χ1n) is 9.12. The molecule has 3 rings (SSSR count). The molecule has 30 heavy (non-hydrogen) atoms. The van der Waals surface area contributed by atoms with Gasteiger partial charge in [-0.3, -0.25) is 9.52 Å². The lowest BCUT2D eigenvalue weighted by Crippen LogP contribution is -2.20. The molecule has 0 fully saturated rings. The average molecular weight is 443 g/mol. The number of nitrogens with one attached hydrogen (secondary N) is 2. The number of carbonyl (C=O) groups is 1. The first kappa shape index (κ1) is 21.7. The highest BCUT2D eigenvalue weighted by Crippen LogP contribution is 2.24. The molecule has 0 unspecified atom stereocenters. The fraction of sp³-hybridized carbons (Fsp3) is 0.136. The van der Waals surface area contributed by atoms with Gasteiger partial charge in [0.1, 0.15) is 5.75 Å². The highest BCUT2D eigenvalue weighted by Gasteiger charge is 2.14. The van der Waals surface area contributed by atoms with Gasteiger partial charge in [-0.05, 0) is 61.7 Å². The maximum Gasteiger partial charge on any atom is 0.262 e. The Balaban J connectivity index is 1.58. The summed E-state index contributed by atoms with van der Waals surface area (Å²) < 4.78 is 33.0. The van der Waals surface area contributed by atoms with Gasteiger partial charge in [0.2, 0.25) is 0 Å². The Kier molecular flexibility index (Phi) is 7.02. The largest absolute Gasteiger partial charge is 0.484 e. The van der Waals surface area contributed by atoms with Gasteiger partial charge in [0.25, 0.3) is 15.9 Å². The van der Waals surface area contributed by atoms with E-state index in [9.17, 15) is 13.2 Å². The number of amides is 1. The van der Waals surface area contributed by atoms with Crippen LogP contribution < -0.4 is 14.8 Å². The number of sulfonamides is 1. The molecule has 0 aliphatic rings. The topological polar surface area (TPSA) is 84.5 Å². The van der Waals surface area contributed by atoms with Crippen molar-refractivity contribution in [2.75, 3.05) is 22.9 Å². The van der Waals surface area contributed by atoms with Gasteiger partial charge < -0.3 is 10.1 Å². The summed E-state index contributed by atoms with van der Waals surface area (Å²) in [6.07, 6.45) is 1.94. The van der Waals surface area contributed by atoms with Gasteiger partial charge in [-0.1, -0.05) is 29.8 Å². The quantitative estimate of drug-likeness (QED) is 0.501. The third-order valence-electron chi connectivity index (χ3n) is 4.19. The van der Waals surface area contributed by atoms with E-state index in [2.05, 4.69) is 10.0 Å². The zero-order valence-electron chi connectivity index (χ0n) is 16.6. The maximum absolute atomic E-state index is 12.5. The zero-order chi connectivity index (χ0) is 21.6. The lowest BCUT2D eigenvalue weighted by atomic mass is 10.2. The predicted molar refractivity (Wildman–Crippen MR) is 121 cm³/mol. The molecule has 6 nitrogen and oxygen atoms in total. The summed E-state index contributed by atoms with van der Waals surface area (Å²) in [5.74, 6) is 0.104. The summed E-state index contributed by atoms with van der Waals surface area (Å²) in [5.41, 5.74) is 2.26. The molecule has 0 heterocycles. The number of hydrogen-bond donors (Lipinski definition) is 2. The van der Waals surface area contributed by atoms with E-state index in [4.69, 9.17) is 4.74 Å². The number of thioether (sulfide) groups is 1. The molecule has 0 saturated heterocycles. The van der Waals surface area contributed by atoms with E-state index >= 15 is 0 Å². The monoisotopic (exact) mass is 442 g/mol. The van der Waals surface area contributed by atoms with Crippen molar-refractivity contribution in [1.29, 1.82) is 0 Å². The Bertz CT molecular complexity index is 1110. The second-order valence-corrected chi connectivity index (χ2v) is 9.01. The molecule has 0 aliphatic carbocycles. The Labute approximate surface area is 180 Å². The summed E-state index contributed by atoms with van der Waals surface area (Å²) in [4.78, 5) is 13.2. The van der Waals surface area contributed by atoms with Crippen LogP contribution in [-0.4, -0.2) is 27.2 Å². The van der Waals surface area contributed by atoms with E-state index in [1.807, 2.05) is 49.6 Å². The van der Waals surface area contributed by atoms with Crippen LogP contribution in [0.2, 0.25) is 0 Å². The molecule has 3 aromatic rings. The van der Waals surface area contributed by atoms with Crippen molar-refractivity contribution < 1.29 is 17.9 Å². The number of hydrogen-bond acceptors (Lipinski definition) is 5. The number of aryl methyl sites for hydroxylation is 1. The van der Waals surface area contributed by atoms with Crippen molar-refractivity contribution in [3.8, 4) is 5.75 Å². The zero-order valence-corrected chi connectivity index (χ0v) is 18.2. The number of anilines is 2. The third kappa shape index (κ3) is 5.77. The molecule has 0 spiro atoms. The number of benzene rings is 3. The van der Waals surface area contributed by atoms with Crippen LogP contribution in [0.1, 0.15) is 5.56 Å². The number of carbonyl (C=O) groups excluding carboxylic acids is 1. The minimum atomic E-state index is -3.71. The summed E-state index contributed by atoms with van der Waals surface area (Å²) in [5, 5.41) is 2.81.